The number of allylic oxidation sites excluding steroid dienone is 1. The van der Waals surface area contributed by atoms with Crippen molar-refractivity contribution in [3.63, 3.8) is 0 Å². The maximum absolute atomic E-state index is 12.7. The lowest BCUT2D eigenvalue weighted by Crippen LogP contribution is -2.21. The molecule has 0 saturated heterocycles. The number of nitriles is 1. The van der Waals surface area contributed by atoms with Crippen LogP contribution in [0.4, 0.5) is 0 Å². The third kappa shape index (κ3) is 5.07. The van der Waals surface area contributed by atoms with Gasteiger partial charge in [0.05, 0.1) is 19.6 Å². The Morgan fingerprint density at radius 2 is 1.83 bits per heavy atom. The molecule has 2 N–H and O–H groups in total. The summed E-state index contributed by atoms with van der Waals surface area (Å²) in [6.07, 6.45) is 2.04. The summed E-state index contributed by atoms with van der Waals surface area (Å²) in [5, 5.41) is 9.79. The number of carbonyl (C=O) groups is 1. The van der Waals surface area contributed by atoms with Crippen LogP contribution in [0.25, 0.3) is 0 Å². The van der Waals surface area contributed by atoms with Gasteiger partial charge >= 0.3 is 5.97 Å². The van der Waals surface area contributed by atoms with Crippen molar-refractivity contribution in [3.8, 4) is 29.1 Å². The van der Waals surface area contributed by atoms with Crippen molar-refractivity contribution < 1.29 is 23.7 Å². The summed E-state index contributed by atoms with van der Waals surface area (Å²) >= 11 is 0. The second-order valence-corrected chi connectivity index (χ2v) is 7.99. The number of benzene rings is 3. The van der Waals surface area contributed by atoms with Gasteiger partial charge in [-0.05, 0) is 42.3 Å². The molecule has 7 heteroatoms. The average molecular weight is 471 g/mol. The van der Waals surface area contributed by atoms with Crippen molar-refractivity contribution in [2.75, 3.05) is 13.7 Å². The van der Waals surface area contributed by atoms with E-state index in [4.69, 9.17) is 24.7 Å². The van der Waals surface area contributed by atoms with Crippen LogP contribution in [0.2, 0.25) is 0 Å². The van der Waals surface area contributed by atoms with Gasteiger partial charge < -0.3 is 24.7 Å². The van der Waals surface area contributed by atoms with E-state index in [0.717, 1.165) is 29.7 Å². The highest BCUT2D eigenvalue weighted by atomic mass is 16.5. The summed E-state index contributed by atoms with van der Waals surface area (Å²) in [4.78, 5) is 12.7. The molecule has 1 aliphatic heterocycles. The fraction of sp³-hybridized carbons (Fsp3) is 0.214. The molecular weight excluding hydrogens is 444 g/mol. The first kappa shape index (κ1) is 23.7. The number of rotatable bonds is 8. The van der Waals surface area contributed by atoms with Crippen LogP contribution in [0.15, 0.2) is 78.2 Å². The van der Waals surface area contributed by atoms with Crippen LogP contribution < -0.4 is 24.7 Å². The lowest BCUT2D eigenvalue weighted by Gasteiger charge is -2.27. The van der Waals surface area contributed by atoms with Gasteiger partial charge in [-0.1, -0.05) is 43.7 Å². The highest BCUT2D eigenvalue weighted by molar-refractivity contribution is 5.94. The number of hydrogen-bond donors (Lipinski definition) is 1. The Kier molecular flexibility index (Phi) is 7.22. The Balaban J connectivity index is 1.62. The Hall–Kier alpha value is -4.44. The number of hydrogen-bond acceptors (Lipinski definition) is 7. The fourth-order valence-corrected chi connectivity index (χ4v) is 3.91. The summed E-state index contributed by atoms with van der Waals surface area (Å²) < 4.78 is 22.3. The van der Waals surface area contributed by atoms with E-state index in [0.29, 0.717) is 29.2 Å². The quantitative estimate of drug-likeness (QED) is 0.270. The van der Waals surface area contributed by atoms with E-state index in [-0.39, 0.29) is 11.6 Å². The average Bonchev–Trinajstić information content (AvgIpc) is 2.88. The number of ether oxygens (including phenoxy) is 4. The molecule has 0 saturated carbocycles. The van der Waals surface area contributed by atoms with E-state index >= 15 is 0 Å². The Morgan fingerprint density at radius 1 is 1.09 bits per heavy atom. The van der Waals surface area contributed by atoms with Gasteiger partial charge in [-0.15, -0.1) is 0 Å². The van der Waals surface area contributed by atoms with E-state index in [1.54, 1.807) is 42.5 Å². The Bertz CT molecular complexity index is 1290. The highest BCUT2D eigenvalue weighted by Gasteiger charge is 2.31. The minimum atomic E-state index is -0.561. The smallest absolute Gasteiger partial charge is 0.347 e. The zero-order valence-corrected chi connectivity index (χ0v) is 19.6. The van der Waals surface area contributed by atoms with E-state index in [2.05, 4.69) is 13.0 Å². The summed E-state index contributed by atoms with van der Waals surface area (Å²) in [6, 6.07) is 21.6. The third-order valence-electron chi connectivity index (χ3n) is 5.71. The molecule has 1 heterocycles. The maximum atomic E-state index is 12.7. The number of fused-ring (bicyclic) bond motifs is 1. The van der Waals surface area contributed by atoms with Crippen molar-refractivity contribution in [2.24, 2.45) is 5.73 Å². The summed E-state index contributed by atoms with van der Waals surface area (Å²) in [5.74, 6) is 0.915. The number of para-hydroxylation sites is 1. The van der Waals surface area contributed by atoms with Crippen molar-refractivity contribution in [2.45, 2.75) is 25.7 Å². The van der Waals surface area contributed by atoms with Crippen LogP contribution in [0, 0.1) is 11.3 Å². The molecule has 0 spiro atoms. The van der Waals surface area contributed by atoms with Crippen molar-refractivity contribution >= 4 is 5.97 Å². The predicted molar refractivity (Wildman–Crippen MR) is 131 cm³/mol. The van der Waals surface area contributed by atoms with Crippen LogP contribution in [0.1, 0.15) is 47.2 Å². The zero-order valence-electron chi connectivity index (χ0n) is 19.6. The predicted octanol–water partition coefficient (Wildman–Crippen LogP) is 5.31. The molecule has 178 valence electrons. The lowest BCUT2D eigenvalue weighted by atomic mass is 9.83. The van der Waals surface area contributed by atoms with Gasteiger partial charge in [-0.2, -0.15) is 5.26 Å². The molecule has 4 rings (SSSR count). The third-order valence-corrected chi connectivity index (χ3v) is 5.71. The molecule has 1 aliphatic rings. The van der Waals surface area contributed by atoms with Crippen LogP contribution in [-0.2, 0) is 0 Å². The molecule has 3 aromatic carbocycles. The standard InChI is InChI=1S/C28H26N2O5/c1-3-4-15-33-19-11-9-18(10-12-19)26-21-14-13-20(16-25(21)35-27(30)23(26)17-29)34-28(31)22-7-5-6-8-24(22)32-2/h5-14,16,26H,3-4,15,30H2,1-2H3. The lowest BCUT2D eigenvalue weighted by molar-refractivity contribution is 0.0731. The SMILES string of the molecule is CCCCOc1ccc(C2C(C#N)=C(N)Oc3cc(OC(=O)c4ccccc4OC)ccc32)cc1. The number of nitrogens with zero attached hydrogens (tertiary/aromatic N) is 1. The number of carbonyl (C=O) groups excluding carboxylic acids is 1. The second-order valence-electron chi connectivity index (χ2n) is 7.99. The molecule has 0 fully saturated rings. The normalized spacial score (nSPS) is 14.4. The minimum absolute atomic E-state index is 0.0153. The van der Waals surface area contributed by atoms with Gasteiger partial charge in [0.25, 0.3) is 0 Å². The molecule has 7 nitrogen and oxygen atoms in total. The maximum Gasteiger partial charge on any atom is 0.347 e. The van der Waals surface area contributed by atoms with Gasteiger partial charge in [-0.3, -0.25) is 0 Å². The molecule has 0 amide bonds. The van der Waals surface area contributed by atoms with Crippen LogP contribution in [0.3, 0.4) is 0 Å². The van der Waals surface area contributed by atoms with Crippen molar-refractivity contribution in [3.05, 3.63) is 94.9 Å². The van der Waals surface area contributed by atoms with E-state index in [9.17, 15) is 10.1 Å². The first-order valence-corrected chi connectivity index (χ1v) is 11.3. The number of nitrogens with two attached hydrogens (primary N) is 1. The van der Waals surface area contributed by atoms with E-state index in [1.807, 2.05) is 24.3 Å². The molecule has 1 atom stereocenters. The highest BCUT2D eigenvalue weighted by Crippen LogP contribution is 2.43. The first-order chi connectivity index (χ1) is 17.0. The van der Waals surface area contributed by atoms with Gasteiger partial charge in [-0.25, -0.2) is 4.79 Å². The fourth-order valence-electron chi connectivity index (χ4n) is 3.91. The van der Waals surface area contributed by atoms with Gasteiger partial charge in [0.15, 0.2) is 0 Å². The number of esters is 1. The largest absolute Gasteiger partial charge is 0.496 e. The monoisotopic (exact) mass is 470 g/mol. The van der Waals surface area contributed by atoms with Gasteiger partial charge in [0.2, 0.25) is 5.88 Å². The van der Waals surface area contributed by atoms with Crippen LogP contribution in [-0.4, -0.2) is 19.7 Å². The molecule has 0 bridgehead atoms. The van der Waals surface area contributed by atoms with Crippen LogP contribution >= 0.6 is 0 Å². The molecule has 35 heavy (non-hydrogen) atoms. The van der Waals surface area contributed by atoms with E-state index in [1.165, 1.54) is 7.11 Å². The molecule has 0 aromatic heterocycles. The number of methoxy groups -OCH3 is 1. The Labute approximate surface area is 204 Å². The molecule has 0 radical (unpaired) electrons. The minimum Gasteiger partial charge on any atom is -0.496 e. The molecular formula is C28H26N2O5. The van der Waals surface area contributed by atoms with Crippen molar-refractivity contribution in [1.29, 1.82) is 5.26 Å². The number of unbranched alkanes of at least 4 members (excludes halogenated alkanes) is 1. The Morgan fingerprint density at radius 3 is 2.54 bits per heavy atom. The topological polar surface area (TPSA) is 104 Å². The van der Waals surface area contributed by atoms with Gasteiger partial charge in [0, 0.05) is 11.6 Å². The summed E-state index contributed by atoms with van der Waals surface area (Å²) in [7, 11) is 1.49. The molecule has 0 aliphatic carbocycles. The van der Waals surface area contributed by atoms with Crippen LogP contribution in [0.5, 0.6) is 23.0 Å². The van der Waals surface area contributed by atoms with Crippen molar-refractivity contribution in [1.82, 2.24) is 0 Å². The second kappa shape index (κ2) is 10.7. The first-order valence-electron chi connectivity index (χ1n) is 11.3. The van der Waals surface area contributed by atoms with E-state index < -0.39 is 11.9 Å². The molecule has 3 aromatic rings. The van der Waals surface area contributed by atoms with Gasteiger partial charge in [0.1, 0.15) is 40.2 Å². The summed E-state index contributed by atoms with van der Waals surface area (Å²) in [6.45, 7) is 2.77. The zero-order chi connectivity index (χ0) is 24.8. The molecule has 1 unspecified atom stereocenters. The summed E-state index contributed by atoms with van der Waals surface area (Å²) in [5.41, 5.74) is 8.34.